The van der Waals surface area contributed by atoms with Crippen LogP contribution in [-0.2, 0) is 11.2 Å². The lowest BCUT2D eigenvalue weighted by Crippen LogP contribution is -2.32. The van der Waals surface area contributed by atoms with Crippen LogP contribution in [0.1, 0.15) is 30.9 Å². The highest BCUT2D eigenvalue weighted by atomic mass is 35.5. The van der Waals surface area contributed by atoms with Crippen molar-refractivity contribution in [2.24, 2.45) is 0 Å². The number of halogens is 3. The Balaban J connectivity index is 1.94. The Morgan fingerprint density at radius 3 is 2.47 bits per heavy atom. The minimum absolute atomic E-state index is 0.00482. The number of anilines is 1. The van der Waals surface area contributed by atoms with Gasteiger partial charge in [0.1, 0.15) is 27.6 Å². The van der Waals surface area contributed by atoms with Crippen molar-refractivity contribution >= 4 is 35.0 Å². The molecule has 0 saturated carbocycles. The first kappa shape index (κ1) is 23.6. The summed E-state index contributed by atoms with van der Waals surface area (Å²) in [5.41, 5.74) is 1.39. The fraction of sp³-hybridized carbons (Fsp3) is 0.217. The maximum absolute atomic E-state index is 14.5. The third-order valence-corrected chi connectivity index (χ3v) is 5.41. The van der Waals surface area contributed by atoms with Gasteiger partial charge in [0.05, 0.1) is 0 Å². The van der Waals surface area contributed by atoms with Gasteiger partial charge in [-0.15, -0.1) is 0 Å². The van der Waals surface area contributed by atoms with E-state index < -0.39 is 23.0 Å². The van der Waals surface area contributed by atoms with Gasteiger partial charge < -0.3 is 20.3 Å². The van der Waals surface area contributed by atoms with E-state index in [1.807, 2.05) is 19.9 Å². The number of phenols is 1. The molecule has 0 fully saturated rings. The van der Waals surface area contributed by atoms with Crippen molar-refractivity contribution in [2.75, 3.05) is 5.32 Å². The van der Waals surface area contributed by atoms with Crippen LogP contribution in [0.25, 0.3) is 0 Å². The highest BCUT2D eigenvalue weighted by molar-refractivity contribution is 6.38. The van der Waals surface area contributed by atoms with Crippen molar-refractivity contribution in [3.05, 3.63) is 75.7 Å². The predicted octanol–water partition coefficient (Wildman–Crippen LogP) is 6.26. The van der Waals surface area contributed by atoms with E-state index in [1.54, 1.807) is 30.3 Å². The number of rotatable bonds is 8. The molecule has 1 heterocycles. The lowest BCUT2D eigenvalue weighted by Gasteiger charge is -2.19. The summed E-state index contributed by atoms with van der Waals surface area (Å²) in [6.07, 6.45) is 0.115. The number of aromatic nitrogens is 1. The average molecular weight is 479 g/mol. The molecule has 3 rings (SSSR count). The van der Waals surface area contributed by atoms with Crippen LogP contribution in [0, 0.1) is 5.95 Å². The fourth-order valence-corrected chi connectivity index (χ4v) is 3.52. The number of carbonyl (C=O) groups is 1. The molecule has 9 heteroatoms. The van der Waals surface area contributed by atoms with Gasteiger partial charge in [0, 0.05) is 12.0 Å². The van der Waals surface area contributed by atoms with Crippen molar-refractivity contribution in [3.63, 3.8) is 0 Å². The van der Waals surface area contributed by atoms with Crippen LogP contribution < -0.4 is 10.1 Å². The Hall–Kier alpha value is -3.03. The second-order valence-electron chi connectivity index (χ2n) is 7.41. The van der Waals surface area contributed by atoms with Crippen molar-refractivity contribution < 1.29 is 24.1 Å². The summed E-state index contributed by atoms with van der Waals surface area (Å²) in [6.45, 7) is 3.79. The van der Waals surface area contributed by atoms with E-state index in [0.717, 1.165) is 5.56 Å². The second kappa shape index (κ2) is 10.1. The summed E-state index contributed by atoms with van der Waals surface area (Å²) >= 11 is 12.4. The number of hydrogen-bond donors (Lipinski definition) is 3. The van der Waals surface area contributed by atoms with E-state index >= 15 is 0 Å². The summed E-state index contributed by atoms with van der Waals surface area (Å²) in [6, 6.07) is 12.3. The van der Waals surface area contributed by atoms with Gasteiger partial charge in [-0.1, -0.05) is 67.4 Å². The van der Waals surface area contributed by atoms with Crippen LogP contribution in [0.5, 0.6) is 17.2 Å². The Morgan fingerprint density at radius 1 is 1.16 bits per heavy atom. The van der Waals surface area contributed by atoms with E-state index in [1.165, 1.54) is 12.1 Å². The van der Waals surface area contributed by atoms with Crippen molar-refractivity contribution in [2.45, 2.75) is 32.2 Å². The van der Waals surface area contributed by atoms with Gasteiger partial charge >= 0.3 is 5.97 Å². The highest BCUT2D eigenvalue weighted by Crippen LogP contribution is 2.42. The van der Waals surface area contributed by atoms with E-state index in [9.17, 15) is 19.4 Å². The Morgan fingerprint density at radius 2 is 1.84 bits per heavy atom. The first-order valence-corrected chi connectivity index (χ1v) is 10.5. The number of nitrogens with one attached hydrogen (secondary N) is 1. The van der Waals surface area contributed by atoms with Gasteiger partial charge in [0.15, 0.2) is 11.6 Å². The van der Waals surface area contributed by atoms with Gasteiger partial charge in [0.2, 0.25) is 5.95 Å². The minimum Gasteiger partial charge on any atom is -0.508 e. The topological polar surface area (TPSA) is 91.7 Å². The van der Waals surface area contributed by atoms with Crippen LogP contribution >= 0.6 is 23.2 Å². The average Bonchev–Trinajstić information content (AvgIpc) is 2.76. The number of hydrogen-bond acceptors (Lipinski definition) is 5. The zero-order valence-corrected chi connectivity index (χ0v) is 18.8. The van der Waals surface area contributed by atoms with Crippen molar-refractivity contribution in [1.82, 2.24) is 4.98 Å². The maximum Gasteiger partial charge on any atom is 0.326 e. The Labute approximate surface area is 194 Å². The molecule has 0 aliphatic rings. The molecular weight excluding hydrogens is 458 g/mol. The highest BCUT2D eigenvalue weighted by Gasteiger charge is 2.25. The largest absolute Gasteiger partial charge is 0.508 e. The zero-order chi connectivity index (χ0) is 23.4. The molecule has 1 aromatic heterocycles. The standard InChI is InChI=1S/C23H21Cl2FN2O4/c1-12(2)15-11-14(8-9-17(15)29)32-20-18(24)21(26)28-22(19(20)25)27-16(23(30)31)10-13-6-4-3-5-7-13/h3-9,11-12,16,29H,10H2,1-2H3,(H,27,28)(H,30,31)/t16-/m0/s1. The van der Waals surface area contributed by atoms with E-state index in [0.29, 0.717) is 5.56 Å². The SMILES string of the molecule is CC(C)c1cc(Oc2c(Cl)c(F)nc(N[C@@H](Cc3ccccc3)C(=O)O)c2Cl)ccc1O. The molecule has 0 unspecified atom stereocenters. The van der Waals surface area contributed by atoms with Crippen LogP contribution in [0.2, 0.25) is 10.0 Å². The van der Waals surface area contributed by atoms with Crippen molar-refractivity contribution in [1.29, 1.82) is 0 Å². The monoisotopic (exact) mass is 478 g/mol. The summed E-state index contributed by atoms with van der Waals surface area (Å²) in [7, 11) is 0. The molecule has 3 aromatic rings. The molecule has 2 aromatic carbocycles. The molecule has 3 N–H and O–H groups in total. The molecule has 0 aliphatic heterocycles. The normalized spacial score (nSPS) is 11.9. The molecule has 0 aliphatic carbocycles. The summed E-state index contributed by atoms with van der Waals surface area (Å²) in [5, 5.41) is 21.7. The summed E-state index contributed by atoms with van der Waals surface area (Å²) in [5.74, 6) is -2.29. The molecular formula is C23H21Cl2FN2O4. The van der Waals surface area contributed by atoms with Gasteiger partial charge in [-0.05, 0) is 29.7 Å². The number of phenolic OH excluding ortho intramolecular Hbond substituents is 1. The van der Waals surface area contributed by atoms with E-state index in [2.05, 4.69) is 10.3 Å². The number of carboxylic acid groups (broad SMARTS) is 1. The molecule has 0 amide bonds. The number of carboxylic acids is 1. The van der Waals surface area contributed by atoms with Crippen LogP contribution in [-0.4, -0.2) is 27.2 Å². The molecule has 1 atom stereocenters. The van der Waals surface area contributed by atoms with Gasteiger partial charge in [0.25, 0.3) is 0 Å². The van der Waals surface area contributed by atoms with Crippen LogP contribution in [0.15, 0.2) is 48.5 Å². The zero-order valence-electron chi connectivity index (χ0n) is 17.3. The third kappa shape index (κ3) is 5.41. The fourth-order valence-electron chi connectivity index (χ4n) is 3.07. The Kier molecular flexibility index (Phi) is 7.43. The Bertz CT molecular complexity index is 1130. The van der Waals surface area contributed by atoms with Gasteiger partial charge in [-0.25, -0.2) is 4.79 Å². The van der Waals surface area contributed by atoms with Crippen LogP contribution in [0.4, 0.5) is 10.2 Å². The number of ether oxygens (including phenoxy) is 1. The molecule has 6 nitrogen and oxygen atoms in total. The molecule has 168 valence electrons. The molecule has 0 spiro atoms. The van der Waals surface area contributed by atoms with Crippen LogP contribution in [0.3, 0.4) is 0 Å². The predicted molar refractivity (Wildman–Crippen MR) is 122 cm³/mol. The van der Waals surface area contributed by atoms with E-state index in [-0.39, 0.29) is 40.4 Å². The number of nitrogens with zero attached hydrogens (tertiary/aromatic N) is 1. The van der Waals surface area contributed by atoms with Gasteiger partial charge in [-0.2, -0.15) is 9.37 Å². The van der Waals surface area contributed by atoms with Crippen molar-refractivity contribution in [3.8, 4) is 17.2 Å². The third-order valence-electron chi connectivity index (χ3n) is 4.73. The first-order chi connectivity index (χ1) is 15.2. The number of pyridine rings is 1. The maximum atomic E-state index is 14.5. The number of aliphatic carboxylic acids is 1. The lowest BCUT2D eigenvalue weighted by atomic mass is 10.0. The molecule has 0 bridgehead atoms. The molecule has 0 saturated heterocycles. The smallest absolute Gasteiger partial charge is 0.326 e. The first-order valence-electron chi connectivity index (χ1n) is 9.75. The lowest BCUT2D eigenvalue weighted by molar-refractivity contribution is -0.137. The number of aromatic hydroxyl groups is 1. The minimum atomic E-state index is -1.16. The summed E-state index contributed by atoms with van der Waals surface area (Å²) in [4.78, 5) is 15.4. The quantitative estimate of drug-likeness (QED) is 0.331. The van der Waals surface area contributed by atoms with Gasteiger partial charge in [-0.3, -0.25) is 0 Å². The number of benzene rings is 2. The second-order valence-corrected chi connectivity index (χ2v) is 8.17. The summed E-state index contributed by atoms with van der Waals surface area (Å²) < 4.78 is 20.2. The van der Waals surface area contributed by atoms with E-state index in [4.69, 9.17) is 27.9 Å². The molecule has 0 radical (unpaired) electrons. The molecule has 32 heavy (non-hydrogen) atoms.